The van der Waals surface area contributed by atoms with E-state index in [4.69, 9.17) is 10.5 Å². The summed E-state index contributed by atoms with van der Waals surface area (Å²) in [7, 11) is 0. The molecule has 1 aromatic carbocycles. The van der Waals surface area contributed by atoms with Gasteiger partial charge in [-0.3, -0.25) is 4.68 Å². The molecule has 4 nitrogen and oxygen atoms in total. The van der Waals surface area contributed by atoms with Gasteiger partial charge in [0.05, 0.1) is 24.9 Å². The van der Waals surface area contributed by atoms with Gasteiger partial charge in [0, 0.05) is 18.3 Å². The third-order valence-corrected chi connectivity index (χ3v) is 3.18. The van der Waals surface area contributed by atoms with Crippen LogP contribution >= 0.6 is 12.4 Å². The summed E-state index contributed by atoms with van der Waals surface area (Å²) < 4.78 is 46.7. The van der Waals surface area contributed by atoms with Gasteiger partial charge in [0.1, 0.15) is 5.75 Å². The predicted octanol–water partition coefficient (Wildman–Crippen LogP) is 3.98. The number of nitrogens with zero attached hydrogens (tertiary/aromatic N) is 2. The maximum Gasteiger partial charge on any atom is 0.419 e. The van der Waals surface area contributed by atoms with E-state index in [1.807, 2.05) is 13.8 Å². The lowest BCUT2D eigenvalue weighted by Gasteiger charge is -2.16. The van der Waals surface area contributed by atoms with Crippen LogP contribution in [0.1, 0.15) is 19.4 Å². The van der Waals surface area contributed by atoms with Crippen LogP contribution in [0.4, 0.5) is 13.2 Å². The minimum Gasteiger partial charge on any atom is -0.493 e. The Labute approximate surface area is 145 Å². The van der Waals surface area contributed by atoms with Crippen molar-refractivity contribution < 1.29 is 17.9 Å². The monoisotopic (exact) mass is 363 g/mol. The summed E-state index contributed by atoms with van der Waals surface area (Å²) in [5, 5.41) is 4.08. The van der Waals surface area contributed by atoms with E-state index in [9.17, 15) is 13.2 Å². The molecular weight excluding hydrogens is 343 g/mol. The minimum atomic E-state index is -4.48. The second-order valence-electron chi connectivity index (χ2n) is 5.69. The Morgan fingerprint density at radius 1 is 1.25 bits per heavy atom. The largest absolute Gasteiger partial charge is 0.493 e. The van der Waals surface area contributed by atoms with Crippen LogP contribution in [0.5, 0.6) is 5.75 Å². The first kappa shape index (κ1) is 20.3. The summed E-state index contributed by atoms with van der Waals surface area (Å²) in [5.74, 6) is -0.00504. The zero-order valence-electron chi connectivity index (χ0n) is 13.5. The van der Waals surface area contributed by atoms with Crippen molar-refractivity contribution in [1.29, 1.82) is 0 Å². The zero-order chi connectivity index (χ0) is 17.0. The molecule has 1 aromatic heterocycles. The van der Waals surface area contributed by atoms with E-state index in [1.54, 1.807) is 16.9 Å². The standard InChI is InChI=1S/C16H20F3N3O.ClH/c1-11(2)10-23-15-4-3-12(7-14(15)16(17,18)19)13-8-21-22(9-13)6-5-20;/h3-4,7-9,11H,5-6,10,20H2,1-2H3;1H. The van der Waals surface area contributed by atoms with Crippen molar-refractivity contribution in [2.24, 2.45) is 11.7 Å². The minimum absolute atomic E-state index is 0. The van der Waals surface area contributed by atoms with Crippen LogP contribution in [0.3, 0.4) is 0 Å². The number of benzene rings is 1. The Balaban J connectivity index is 0.00000288. The van der Waals surface area contributed by atoms with Crippen molar-refractivity contribution in [3.63, 3.8) is 0 Å². The second-order valence-corrected chi connectivity index (χ2v) is 5.69. The van der Waals surface area contributed by atoms with Gasteiger partial charge in [-0.15, -0.1) is 12.4 Å². The van der Waals surface area contributed by atoms with E-state index in [0.717, 1.165) is 6.07 Å². The molecule has 0 amide bonds. The SMILES string of the molecule is CC(C)COc1ccc(-c2cnn(CCN)c2)cc1C(F)(F)F.Cl. The topological polar surface area (TPSA) is 53.1 Å². The number of ether oxygens (including phenoxy) is 1. The fourth-order valence-corrected chi connectivity index (χ4v) is 2.08. The Morgan fingerprint density at radius 2 is 1.96 bits per heavy atom. The Hall–Kier alpha value is -1.73. The summed E-state index contributed by atoms with van der Waals surface area (Å²) in [6.45, 7) is 4.93. The Bertz CT molecular complexity index is 656. The number of hydrogen-bond acceptors (Lipinski definition) is 3. The smallest absolute Gasteiger partial charge is 0.419 e. The third-order valence-electron chi connectivity index (χ3n) is 3.18. The van der Waals surface area contributed by atoms with Crippen LogP contribution in [-0.2, 0) is 12.7 Å². The molecule has 8 heteroatoms. The van der Waals surface area contributed by atoms with Crippen molar-refractivity contribution in [1.82, 2.24) is 9.78 Å². The molecule has 2 rings (SSSR count). The van der Waals surface area contributed by atoms with E-state index in [1.165, 1.54) is 12.3 Å². The molecule has 0 aliphatic rings. The van der Waals surface area contributed by atoms with Crippen molar-refractivity contribution in [3.05, 3.63) is 36.2 Å². The maximum atomic E-state index is 13.3. The van der Waals surface area contributed by atoms with Crippen LogP contribution in [0, 0.1) is 5.92 Å². The second kappa shape index (κ2) is 8.39. The number of aromatic nitrogens is 2. The van der Waals surface area contributed by atoms with Crippen LogP contribution in [-0.4, -0.2) is 22.9 Å². The van der Waals surface area contributed by atoms with Gasteiger partial charge in [-0.05, 0) is 23.6 Å². The average molecular weight is 364 g/mol. The van der Waals surface area contributed by atoms with Crippen molar-refractivity contribution in [3.8, 4) is 16.9 Å². The predicted molar refractivity (Wildman–Crippen MR) is 89.3 cm³/mol. The number of alkyl halides is 3. The first-order chi connectivity index (χ1) is 10.8. The van der Waals surface area contributed by atoms with E-state index in [-0.39, 0.29) is 30.7 Å². The molecule has 0 spiro atoms. The molecule has 0 aliphatic heterocycles. The highest BCUT2D eigenvalue weighted by Crippen LogP contribution is 2.38. The Morgan fingerprint density at radius 3 is 2.54 bits per heavy atom. The normalized spacial score (nSPS) is 11.5. The van der Waals surface area contributed by atoms with E-state index >= 15 is 0 Å². The fraction of sp³-hybridized carbons (Fsp3) is 0.438. The van der Waals surface area contributed by atoms with Crippen molar-refractivity contribution in [2.75, 3.05) is 13.2 Å². The van der Waals surface area contributed by atoms with Gasteiger partial charge >= 0.3 is 6.18 Å². The molecule has 2 aromatic rings. The molecule has 1 heterocycles. The van der Waals surface area contributed by atoms with Gasteiger partial charge in [0.25, 0.3) is 0 Å². The lowest BCUT2D eigenvalue weighted by Crippen LogP contribution is -2.12. The number of nitrogens with two attached hydrogens (primary N) is 1. The van der Waals surface area contributed by atoms with Gasteiger partial charge in [0.2, 0.25) is 0 Å². The molecule has 0 radical (unpaired) electrons. The van der Waals surface area contributed by atoms with E-state index in [0.29, 0.717) is 24.2 Å². The summed E-state index contributed by atoms with van der Waals surface area (Å²) in [5.41, 5.74) is 5.72. The number of hydrogen-bond donors (Lipinski definition) is 1. The Kier molecular flexibility index (Phi) is 7.10. The average Bonchev–Trinajstić information content (AvgIpc) is 2.93. The number of rotatable bonds is 6. The van der Waals surface area contributed by atoms with Gasteiger partial charge in [-0.2, -0.15) is 18.3 Å². The van der Waals surface area contributed by atoms with Crippen LogP contribution in [0.15, 0.2) is 30.6 Å². The maximum absolute atomic E-state index is 13.3. The van der Waals surface area contributed by atoms with E-state index in [2.05, 4.69) is 5.10 Å². The quantitative estimate of drug-likeness (QED) is 0.844. The molecular formula is C16H21ClF3N3O. The van der Waals surface area contributed by atoms with Gasteiger partial charge in [0.15, 0.2) is 0 Å². The lowest BCUT2D eigenvalue weighted by molar-refractivity contribution is -0.139. The molecule has 0 saturated carbocycles. The van der Waals surface area contributed by atoms with Crippen LogP contribution < -0.4 is 10.5 Å². The molecule has 2 N–H and O–H groups in total. The summed E-state index contributed by atoms with van der Waals surface area (Å²) >= 11 is 0. The highest BCUT2D eigenvalue weighted by molar-refractivity contribution is 5.85. The fourth-order valence-electron chi connectivity index (χ4n) is 2.08. The summed E-state index contributed by atoms with van der Waals surface area (Å²) in [6.07, 6.45) is -1.27. The van der Waals surface area contributed by atoms with Crippen LogP contribution in [0.2, 0.25) is 0 Å². The van der Waals surface area contributed by atoms with Crippen molar-refractivity contribution in [2.45, 2.75) is 26.6 Å². The molecule has 0 atom stereocenters. The molecule has 0 unspecified atom stereocenters. The van der Waals surface area contributed by atoms with Gasteiger partial charge in [-0.1, -0.05) is 19.9 Å². The van der Waals surface area contributed by atoms with E-state index < -0.39 is 11.7 Å². The molecule has 134 valence electrons. The lowest BCUT2D eigenvalue weighted by atomic mass is 10.0. The molecule has 0 saturated heterocycles. The first-order valence-electron chi connectivity index (χ1n) is 7.38. The van der Waals surface area contributed by atoms with Gasteiger partial charge in [-0.25, -0.2) is 0 Å². The van der Waals surface area contributed by atoms with Crippen molar-refractivity contribution >= 4 is 12.4 Å². The zero-order valence-corrected chi connectivity index (χ0v) is 14.3. The molecule has 0 fully saturated rings. The molecule has 24 heavy (non-hydrogen) atoms. The van der Waals surface area contributed by atoms with Crippen LogP contribution in [0.25, 0.3) is 11.1 Å². The molecule has 0 aliphatic carbocycles. The first-order valence-corrected chi connectivity index (χ1v) is 7.38. The summed E-state index contributed by atoms with van der Waals surface area (Å²) in [6, 6.07) is 4.06. The van der Waals surface area contributed by atoms with Gasteiger partial charge < -0.3 is 10.5 Å². The highest BCUT2D eigenvalue weighted by atomic mass is 35.5. The molecule has 0 bridgehead atoms. The number of halogens is 4. The summed E-state index contributed by atoms with van der Waals surface area (Å²) in [4.78, 5) is 0. The highest BCUT2D eigenvalue weighted by Gasteiger charge is 2.35. The third kappa shape index (κ3) is 5.14.